The third kappa shape index (κ3) is 3.87. The first kappa shape index (κ1) is 17.3. The number of benzene rings is 2. The van der Waals surface area contributed by atoms with E-state index in [9.17, 15) is 9.90 Å². The summed E-state index contributed by atoms with van der Waals surface area (Å²) in [5.74, 6) is 1.68. The molecule has 1 aromatic heterocycles. The van der Waals surface area contributed by atoms with Gasteiger partial charge in [0.15, 0.2) is 0 Å². The summed E-state index contributed by atoms with van der Waals surface area (Å²) in [5, 5.41) is 9.39. The minimum atomic E-state index is 0.0288. The van der Waals surface area contributed by atoms with Crippen LogP contribution in [0.5, 0.6) is 5.75 Å². The topological polar surface area (TPSA) is 58.4 Å². The molecule has 0 saturated carbocycles. The lowest BCUT2D eigenvalue weighted by Gasteiger charge is -2.32. The Bertz CT molecular complexity index is 895. The van der Waals surface area contributed by atoms with Gasteiger partial charge >= 0.3 is 0 Å². The molecule has 27 heavy (non-hydrogen) atoms. The number of likely N-dealkylation sites (tertiary alicyclic amines) is 1. The molecule has 2 heterocycles. The fraction of sp³-hybridized carbons (Fsp3) is 0.273. The van der Waals surface area contributed by atoms with Crippen molar-refractivity contribution in [2.75, 3.05) is 13.1 Å². The predicted molar refractivity (Wildman–Crippen MR) is 104 cm³/mol. The van der Waals surface area contributed by atoms with Crippen LogP contribution in [0.15, 0.2) is 67.0 Å². The van der Waals surface area contributed by atoms with Gasteiger partial charge in [0.25, 0.3) is 5.91 Å². The number of phenolic OH excluding ortho intramolecular Hbond substituents is 1. The number of hydrogen-bond acceptors (Lipinski definition) is 3. The van der Waals surface area contributed by atoms with Crippen LogP contribution in [0.1, 0.15) is 40.5 Å². The van der Waals surface area contributed by atoms with Gasteiger partial charge < -0.3 is 14.6 Å². The molecule has 0 aliphatic carbocycles. The monoisotopic (exact) mass is 361 g/mol. The van der Waals surface area contributed by atoms with Gasteiger partial charge in [0.2, 0.25) is 0 Å². The molecule has 1 fully saturated rings. The molecule has 1 N–H and O–H groups in total. The average Bonchev–Trinajstić information content (AvgIpc) is 3.17. The number of rotatable bonds is 4. The summed E-state index contributed by atoms with van der Waals surface area (Å²) >= 11 is 0. The Morgan fingerprint density at radius 3 is 2.44 bits per heavy atom. The maximum absolute atomic E-state index is 12.6. The third-order valence-electron chi connectivity index (χ3n) is 5.21. The van der Waals surface area contributed by atoms with E-state index in [0.29, 0.717) is 11.5 Å². The second-order valence-corrected chi connectivity index (χ2v) is 7.01. The number of hydrogen-bond donors (Lipinski definition) is 1. The van der Waals surface area contributed by atoms with Gasteiger partial charge in [-0.25, -0.2) is 4.98 Å². The Morgan fingerprint density at radius 2 is 1.74 bits per heavy atom. The molecular weight excluding hydrogens is 338 g/mol. The zero-order valence-corrected chi connectivity index (χ0v) is 15.2. The summed E-state index contributed by atoms with van der Waals surface area (Å²) in [4.78, 5) is 19.1. The minimum Gasteiger partial charge on any atom is -0.508 e. The number of imidazole rings is 1. The van der Waals surface area contributed by atoms with Crippen molar-refractivity contribution in [3.63, 3.8) is 0 Å². The summed E-state index contributed by atoms with van der Waals surface area (Å²) in [6.45, 7) is 2.27. The molecule has 0 atom stereocenters. The number of aromatic nitrogens is 2. The molecule has 1 saturated heterocycles. The largest absolute Gasteiger partial charge is 0.508 e. The number of nitrogens with zero attached hydrogens (tertiary/aromatic N) is 3. The van der Waals surface area contributed by atoms with Crippen LogP contribution in [0, 0.1) is 0 Å². The van der Waals surface area contributed by atoms with Crippen LogP contribution in [-0.2, 0) is 6.54 Å². The zero-order chi connectivity index (χ0) is 18.6. The van der Waals surface area contributed by atoms with E-state index in [1.807, 2.05) is 23.4 Å². The number of piperidine rings is 1. The van der Waals surface area contributed by atoms with Gasteiger partial charge in [-0.2, -0.15) is 0 Å². The summed E-state index contributed by atoms with van der Waals surface area (Å²) < 4.78 is 2.22. The summed E-state index contributed by atoms with van der Waals surface area (Å²) in [6, 6.07) is 16.9. The average molecular weight is 361 g/mol. The molecular formula is C22H23N3O2. The van der Waals surface area contributed by atoms with Crippen LogP contribution in [0.4, 0.5) is 0 Å². The molecule has 5 heteroatoms. The van der Waals surface area contributed by atoms with Gasteiger partial charge in [0.1, 0.15) is 11.6 Å². The molecule has 0 bridgehead atoms. The van der Waals surface area contributed by atoms with E-state index in [4.69, 9.17) is 0 Å². The molecule has 5 nitrogen and oxygen atoms in total. The lowest BCUT2D eigenvalue weighted by molar-refractivity contribution is 0.0710. The minimum absolute atomic E-state index is 0.0288. The van der Waals surface area contributed by atoms with E-state index < -0.39 is 0 Å². The third-order valence-corrected chi connectivity index (χ3v) is 5.21. The molecule has 1 aliphatic rings. The number of amides is 1. The second kappa shape index (κ2) is 7.66. The highest BCUT2D eigenvalue weighted by Gasteiger charge is 2.27. The van der Waals surface area contributed by atoms with E-state index in [-0.39, 0.29) is 11.7 Å². The van der Waals surface area contributed by atoms with Crippen LogP contribution in [-0.4, -0.2) is 38.6 Å². The van der Waals surface area contributed by atoms with Crippen LogP contribution in [0.25, 0.3) is 0 Å². The maximum Gasteiger partial charge on any atom is 0.253 e. The van der Waals surface area contributed by atoms with Crippen molar-refractivity contribution in [1.29, 1.82) is 0 Å². The number of phenols is 1. The highest BCUT2D eigenvalue weighted by atomic mass is 16.3. The van der Waals surface area contributed by atoms with Gasteiger partial charge in [-0.1, -0.05) is 30.3 Å². The van der Waals surface area contributed by atoms with Crippen molar-refractivity contribution < 1.29 is 9.90 Å². The Kier molecular flexibility index (Phi) is 4.92. The van der Waals surface area contributed by atoms with Gasteiger partial charge in [-0.05, 0) is 42.7 Å². The molecule has 1 amide bonds. The van der Waals surface area contributed by atoms with Crippen molar-refractivity contribution in [3.8, 4) is 5.75 Å². The van der Waals surface area contributed by atoms with Crippen molar-refractivity contribution in [1.82, 2.24) is 14.5 Å². The number of carbonyl (C=O) groups excluding carboxylic acids is 1. The fourth-order valence-corrected chi connectivity index (χ4v) is 3.72. The van der Waals surface area contributed by atoms with Crippen molar-refractivity contribution >= 4 is 5.91 Å². The van der Waals surface area contributed by atoms with E-state index in [1.54, 1.807) is 24.3 Å². The molecule has 0 spiro atoms. The molecule has 0 unspecified atom stereocenters. The lowest BCUT2D eigenvalue weighted by Crippen LogP contribution is -2.38. The molecule has 1 aliphatic heterocycles. The highest BCUT2D eigenvalue weighted by molar-refractivity contribution is 5.94. The van der Waals surface area contributed by atoms with E-state index in [2.05, 4.69) is 33.8 Å². The Morgan fingerprint density at radius 1 is 1.04 bits per heavy atom. The fourth-order valence-electron chi connectivity index (χ4n) is 3.72. The Labute approximate surface area is 158 Å². The summed E-state index contributed by atoms with van der Waals surface area (Å²) in [6.07, 6.45) is 5.73. The van der Waals surface area contributed by atoms with Crippen molar-refractivity contribution in [2.24, 2.45) is 0 Å². The lowest BCUT2D eigenvalue weighted by atomic mass is 9.95. The number of carbonyl (C=O) groups is 1. The summed E-state index contributed by atoms with van der Waals surface area (Å²) in [7, 11) is 0. The summed E-state index contributed by atoms with van der Waals surface area (Å²) in [5.41, 5.74) is 1.88. The molecule has 4 rings (SSSR count). The van der Waals surface area contributed by atoms with Gasteiger partial charge in [0, 0.05) is 43.5 Å². The zero-order valence-electron chi connectivity index (χ0n) is 15.2. The first-order chi connectivity index (χ1) is 13.2. The molecule has 2 aromatic carbocycles. The SMILES string of the molecule is O=C(c1ccc(O)cc1)N1CCC(c2nccn2Cc2ccccc2)CC1. The molecule has 138 valence electrons. The van der Waals surface area contributed by atoms with Crippen LogP contribution < -0.4 is 0 Å². The van der Waals surface area contributed by atoms with Gasteiger partial charge in [-0.3, -0.25) is 4.79 Å². The number of aromatic hydroxyl groups is 1. The van der Waals surface area contributed by atoms with Gasteiger partial charge in [0.05, 0.1) is 0 Å². The van der Waals surface area contributed by atoms with Crippen LogP contribution in [0.3, 0.4) is 0 Å². The Balaban J connectivity index is 1.40. The van der Waals surface area contributed by atoms with Crippen LogP contribution >= 0.6 is 0 Å². The first-order valence-corrected chi connectivity index (χ1v) is 9.34. The second-order valence-electron chi connectivity index (χ2n) is 7.01. The smallest absolute Gasteiger partial charge is 0.253 e. The van der Waals surface area contributed by atoms with E-state index in [0.717, 1.165) is 38.3 Å². The predicted octanol–water partition coefficient (Wildman–Crippen LogP) is 3.66. The molecule has 0 radical (unpaired) electrons. The quantitative estimate of drug-likeness (QED) is 0.772. The normalized spacial score (nSPS) is 15.0. The standard InChI is InChI=1S/C22H23N3O2/c26-20-8-6-19(7-9-20)22(27)24-13-10-18(11-14-24)21-23-12-15-25(21)16-17-4-2-1-3-5-17/h1-9,12,15,18,26H,10-11,13-14,16H2. The van der Waals surface area contributed by atoms with E-state index >= 15 is 0 Å². The first-order valence-electron chi connectivity index (χ1n) is 9.34. The van der Waals surface area contributed by atoms with E-state index in [1.165, 1.54) is 5.56 Å². The van der Waals surface area contributed by atoms with Crippen molar-refractivity contribution in [3.05, 3.63) is 83.9 Å². The van der Waals surface area contributed by atoms with Crippen molar-refractivity contribution in [2.45, 2.75) is 25.3 Å². The highest BCUT2D eigenvalue weighted by Crippen LogP contribution is 2.28. The maximum atomic E-state index is 12.6. The van der Waals surface area contributed by atoms with Gasteiger partial charge in [-0.15, -0.1) is 0 Å². The molecule has 3 aromatic rings. The van der Waals surface area contributed by atoms with Crippen LogP contribution in [0.2, 0.25) is 0 Å². The Hall–Kier alpha value is -3.08.